The molecule has 1 atom stereocenters. The molecule has 1 N–H and O–H groups in total. The maximum Gasteiger partial charge on any atom is 0.256 e. The molecule has 2 amide bonds. The fraction of sp³-hybridized carbons (Fsp3) is 0.444. The molecule has 2 saturated heterocycles. The molecule has 2 aliphatic heterocycles. The molecule has 2 heterocycles. The summed E-state index contributed by atoms with van der Waals surface area (Å²) in [5.41, 5.74) is 1.26. The van der Waals surface area contributed by atoms with E-state index in [-0.39, 0.29) is 18.2 Å². The summed E-state index contributed by atoms with van der Waals surface area (Å²) in [7, 11) is 2.14. The number of likely N-dealkylation sites (N-methyl/N-ethyl adjacent to an activating group) is 1. The lowest BCUT2D eigenvalue weighted by Gasteiger charge is -2.33. The number of rotatable bonds is 10. The summed E-state index contributed by atoms with van der Waals surface area (Å²) in [5.74, 6) is 0.275. The number of carbonyl (C=O) groups excluding carboxylic acids is 2. The van der Waals surface area contributed by atoms with Gasteiger partial charge in [-0.3, -0.25) is 14.5 Å². The Morgan fingerprint density at radius 1 is 1.11 bits per heavy atom. The first kappa shape index (κ1) is 27.3. The Labute approximate surface area is 229 Å². The smallest absolute Gasteiger partial charge is 0.256 e. The minimum absolute atomic E-state index is 0.00222. The number of piperazine rings is 1. The van der Waals surface area contributed by atoms with Crippen molar-refractivity contribution in [2.24, 2.45) is 0 Å². The van der Waals surface area contributed by atoms with Crippen LogP contribution in [0.25, 0.3) is 0 Å². The lowest BCUT2D eigenvalue weighted by Crippen LogP contribution is -2.45. The molecule has 8 nitrogen and oxygen atoms in total. The largest absolute Gasteiger partial charge is 0.494 e. The summed E-state index contributed by atoms with van der Waals surface area (Å²) in [6.45, 7) is 8.17. The minimum Gasteiger partial charge on any atom is -0.494 e. The second-order valence-corrected chi connectivity index (χ2v) is 10.2. The highest BCUT2D eigenvalue weighted by molar-refractivity contribution is 7.80. The van der Waals surface area contributed by atoms with Crippen LogP contribution in [0.2, 0.25) is 5.02 Å². The number of nitrogens with zero attached hydrogens (tertiary/aromatic N) is 4. The van der Waals surface area contributed by atoms with E-state index in [2.05, 4.69) is 22.2 Å². The maximum absolute atomic E-state index is 13.6. The van der Waals surface area contributed by atoms with Gasteiger partial charge in [-0.25, -0.2) is 0 Å². The standard InChI is InChI=1S/C27H34ClN5O3S/c1-3-36-23-10-8-21(9-11-23)29-25(34)19-24-26(35)33(22-7-4-6-20(28)18-22)27(37)32(24)13-5-12-31-16-14-30(2)15-17-31/h4,6-11,18,24H,3,5,12-17,19H2,1-2H3,(H,29,34)/t24-/m0/s1. The summed E-state index contributed by atoms with van der Waals surface area (Å²) in [5, 5.41) is 3.83. The molecule has 0 radical (unpaired) electrons. The van der Waals surface area contributed by atoms with Crippen LogP contribution in [0.3, 0.4) is 0 Å². The number of carbonyl (C=O) groups is 2. The molecule has 0 aromatic heterocycles. The van der Waals surface area contributed by atoms with E-state index in [1.165, 1.54) is 4.90 Å². The van der Waals surface area contributed by atoms with Crippen molar-refractivity contribution in [3.8, 4) is 5.75 Å². The maximum atomic E-state index is 13.6. The Morgan fingerprint density at radius 2 is 1.84 bits per heavy atom. The molecular formula is C27H34ClN5O3S. The Morgan fingerprint density at radius 3 is 2.51 bits per heavy atom. The molecule has 2 fully saturated rings. The van der Waals surface area contributed by atoms with E-state index in [1.807, 2.05) is 11.8 Å². The second kappa shape index (κ2) is 12.7. The number of hydrogen-bond acceptors (Lipinski definition) is 6. The van der Waals surface area contributed by atoms with Crippen LogP contribution in [0.1, 0.15) is 19.8 Å². The Balaban J connectivity index is 1.45. The van der Waals surface area contributed by atoms with Crippen LogP contribution in [0.15, 0.2) is 48.5 Å². The highest BCUT2D eigenvalue weighted by Crippen LogP contribution is 2.29. The van der Waals surface area contributed by atoms with E-state index in [4.69, 9.17) is 28.6 Å². The van der Waals surface area contributed by atoms with Gasteiger partial charge in [-0.1, -0.05) is 17.7 Å². The zero-order chi connectivity index (χ0) is 26.4. The van der Waals surface area contributed by atoms with Gasteiger partial charge < -0.3 is 24.8 Å². The van der Waals surface area contributed by atoms with Crippen molar-refractivity contribution in [1.82, 2.24) is 14.7 Å². The highest BCUT2D eigenvalue weighted by Gasteiger charge is 2.44. The normalized spacial score (nSPS) is 18.9. The third kappa shape index (κ3) is 6.98. The number of ether oxygens (including phenoxy) is 1. The van der Waals surface area contributed by atoms with E-state index in [0.29, 0.717) is 34.7 Å². The van der Waals surface area contributed by atoms with Crippen LogP contribution >= 0.6 is 23.8 Å². The number of benzene rings is 2. The van der Waals surface area contributed by atoms with Crippen molar-refractivity contribution >= 4 is 52.1 Å². The molecular weight excluding hydrogens is 510 g/mol. The van der Waals surface area contributed by atoms with Crippen molar-refractivity contribution in [2.45, 2.75) is 25.8 Å². The van der Waals surface area contributed by atoms with Gasteiger partial charge in [-0.05, 0) is 81.6 Å². The monoisotopic (exact) mass is 543 g/mol. The van der Waals surface area contributed by atoms with Crippen molar-refractivity contribution in [2.75, 3.05) is 63.1 Å². The van der Waals surface area contributed by atoms with E-state index in [1.54, 1.807) is 48.5 Å². The molecule has 0 aliphatic carbocycles. The lowest BCUT2D eigenvalue weighted by atomic mass is 10.1. The van der Waals surface area contributed by atoms with Gasteiger partial charge >= 0.3 is 0 Å². The van der Waals surface area contributed by atoms with Crippen LogP contribution < -0.4 is 15.0 Å². The average Bonchev–Trinajstić information content (AvgIpc) is 3.10. The third-order valence-corrected chi connectivity index (χ3v) is 7.33. The first-order valence-electron chi connectivity index (χ1n) is 12.7. The summed E-state index contributed by atoms with van der Waals surface area (Å²) in [6, 6.07) is 13.6. The van der Waals surface area contributed by atoms with Crippen LogP contribution in [-0.2, 0) is 9.59 Å². The van der Waals surface area contributed by atoms with E-state index in [9.17, 15) is 9.59 Å². The summed E-state index contributed by atoms with van der Waals surface area (Å²) >= 11 is 12.0. The predicted molar refractivity (Wildman–Crippen MR) is 151 cm³/mol. The number of amides is 2. The van der Waals surface area contributed by atoms with Crippen molar-refractivity contribution in [3.05, 3.63) is 53.6 Å². The average molecular weight is 544 g/mol. The van der Waals surface area contributed by atoms with Crippen molar-refractivity contribution < 1.29 is 14.3 Å². The molecule has 4 rings (SSSR count). The van der Waals surface area contributed by atoms with Gasteiger partial charge in [0, 0.05) is 43.4 Å². The molecule has 2 aromatic carbocycles. The molecule has 2 aliphatic rings. The molecule has 10 heteroatoms. The number of thiocarbonyl (C=S) groups is 1. The quantitative estimate of drug-likeness (QED) is 0.458. The first-order chi connectivity index (χ1) is 17.9. The number of nitrogens with one attached hydrogen (secondary N) is 1. The van der Waals surface area contributed by atoms with E-state index in [0.717, 1.165) is 44.9 Å². The predicted octanol–water partition coefficient (Wildman–Crippen LogP) is 3.71. The molecule has 0 unspecified atom stereocenters. The highest BCUT2D eigenvalue weighted by atomic mass is 35.5. The number of anilines is 2. The summed E-state index contributed by atoms with van der Waals surface area (Å²) < 4.78 is 5.46. The third-order valence-electron chi connectivity index (χ3n) is 6.68. The SMILES string of the molecule is CCOc1ccc(NC(=O)C[C@H]2C(=O)N(c3cccc(Cl)c3)C(=S)N2CCCN2CCN(C)CC2)cc1. The minimum atomic E-state index is -0.679. The van der Waals surface area contributed by atoms with Gasteiger partial charge in [0.25, 0.3) is 5.91 Å². The van der Waals surface area contributed by atoms with Crippen LogP contribution in [-0.4, -0.2) is 90.6 Å². The summed E-state index contributed by atoms with van der Waals surface area (Å²) in [6.07, 6.45) is 0.843. The van der Waals surface area contributed by atoms with Crippen LogP contribution in [0, 0.1) is 0 Å². The van der Waals surface area contributed by atoms with Gasteiger partial charge in [0.1, 0.15) is 11.8 Å². The van der Waals surface area contributed by atoms with Crippen LogP contribution in [0.4, 0.5) is 11.4 Å². The van der Waals surface area contributed by atoms with E-state index < -0.39 is 6.04 Å². The van der Waals surface area contributed by atoms with Crippen molar-refractivity contribution in [3.63, 3.8) is 0 Å². The number of hydrogen-bond donors (Lipinski definition) is 1. The molecule has 0 spiro atoms. The van der Waals surface area contributed by atoms with E-state index >= 15 is 0 Å². The van der Waals surface area contributed by atoms with Crippen molar-refractivity contribution in [1.29, 1.82) is 0 Å². The zero-order valence-corrected chi connectivity index (χ0v) is 22.9. The lowest BCUT2D eigenvalue weighted by molar-refractivity contribution is -0.124. The molecule has 0 bridgehead atoms. The van der Waals surface area contributed by atoms with Gasteiger partial charge in [0.05, 0.1) is 18.7 Å². The van der Waals surface area contributed by atoms with Gasteiger partial charge in [-0.2, -0.15) is 0 Å². The van der Waals surface area contributed by atoms with Gasteiger partial charge in [0.2, 0.25) is 5.91 Å². The summed E-state index contributed by atoms with van der Waals surface area (Å²) in [4.78, 5) is 34.8. The van der Waals surface area contributed by atoms with Crippen LogP contribution in [0.5, 0.6) is 5.75 Å². The van der Waals surface area contributed by atoms with Gasteiger partial charge in [0.15, 0.2) is 5.11 Å². The molecule has 0 saturated carbocycles. The fourth-order valence-corrected chi connectivity index (χ4v) is 5.26. The topological polar surface area (TPSA) is 68.4 Å². The first-order valence-corrected chi connectivity index (χ1v) is 13.5. The Kier molecular flexibility index (Phi) is 9.37. The Bertz CT molecular complexity index is 1110. The second-order valence-electron chi connectivity index (χ2n) is 9.35. The number of halogens is 1. The fourth-order valence-electron chi connectivity index (χ4n) is 4.67. The zero-order valence-electron chi connectivity index (χ0n) is 21.4. The molecule has 37 heavy (non-hydrogen) atoms. The molecule has 2 aromatic rings. The van der Waals surface area contributed by atoms with Gasteiger partial charge in [-0.15, -0.1) is 0 Å². The Hall–Kier alpha value is -2.72. The molecule has 198 valence electrons.